The van der Waals surface area contributed by atoms with E-state index >= 15 is 0 Å². The highest BCUT2D eigenvalue weighted by atomic mass is 15.1. The second-order valence-electron chi connectivity index (χ2n) is 12.8. The minimum Gasteiger partial charge on any atom is -0.309 e. The Kier molecular flexibility index (Phi) is 5.35. The molecule has 0 fully saturated rings. The molecule has 0 radical (unpaired) electrons. The molecule has 228 valence electrons. The largest absolute Gasteiger partial charge is 0.309 e. The van der Waals surface area contributed by atoms with Crippen LogP contribution < -0.4 is 0 Å². The third-order valence-electron chi connectivity index (χ3n) is 10.2. The molecule has 11 rings (SSSR count). The molecule has 0 aliphatic rings. The van der Waals surface area contributed by atoms with Gasteiger partial charge in [0.25, 0.3) is 0 Å². The molecule has 7 aromatic carbocycles. The number of rotatable bonds is 3. The van der Waals surface area contributed by atoms with Gasteiger partial charge < -0.3 is 8.97 Å². The van der Waals surface area contributed by atoms with E-state index in [1.807, 2.05) is 0 Å². The molecule has 4 heteroatoms. The Labute approximate surface area is 281 Å². The van der Waals surface area contributed by atoms with E-state index in [-0.39, 0.29) is 0 Å². The molecule has 0 atom stereocenters. The Morgan fingerprint density at radius 3 is 1.80 bits per heavy atom. The van der Waals surface area contributed by atoms with E-state index in [0.29, 0.717) is 0 Å². The average Bonchev–Trinajstić information content (AvgIpc) is 3.86. The number of hydrogen-bond donors (Lipinski definition) is 0. The van der Waals surface area contributed by atoms with E-state index in [0.717, 1.165) is 33.8 Å². The molecule has 0 unspecified atom stereocenters. The molecule has 0 amide bonds. The van der Waals surface area contributed by atoms with Gasteiger partial charge >= 0.3 is 0 Å². The average molecular weight is 625 g/mol. The normalized spacial score (nSPS) is 12.1. The number of pyridine rings is 1. The zero-order chi connectivity index (χ0) is 32.1. The van der Waals surface area contributed by atoms with Gasteiger partial charge in [-0.1, -0.05) is 103 Å². The Hall–Kier alpha value is -6.65. The van der Waals surface area contributed by atoms with Crippen LogP contribution in [-0.2, 0) is 0 Å². The maximum atomic E-state index is 5.17. The Balaban J connectivity index is 1.21. The van der Waals surface area contributed by atoms with Crippen LogP contribution in [0.25, 0.3) is 93.7 Å². The third-order valence-corrected chi connectivity index (χ3v) is 10.2. The van der Waals surface area contributed by atoms with Crippen molar-refractivity contribution in [1.82, 2.24) is 18.5 Å². The van der Waals surface area contributed by atoms with Crippen molar-refractivity contribution in [2.75, 3.05) is 0 Å². The quantitative estimate of drug-likeness (QED) is 0.180. The van der Waals surface area contributed by atoms with Gasteiger partial charge in [-0.05, 0) is 72.1 Å². The summed E-state index contributed by atoms with van der Waals surface area (Å²) in [6.07, 6.45) is 0. The molecule has 0 aliphatic heterocycles. The lowest BCUT2D eigenvalue weighted by molar-refractivity contribution is 1.10. The van der Waals surface area contributed by atoms with Gasteiger partial charge in [-0.2, -0.15) is 0 Å². The lowest BCUT2D eigenvalue weighted by Gasteiger charge is -2.12. The summed E-state index contributed by atoms with van der Waals surface area (Å²) in [5, 5.41) is 7.59. The fourth-order valence-electron chi connectivity index (χ4n) is 8.16. The van der Waals surface area contributed by atoms with E-state index in [1.165, 1.54) is 59.9 Å². The number of aromatic nitrogens is 4. The molecular weight excluding hydrogens is 597 g/mol. The van der Waals surface area contributed by atoms with Crippen LogP contribution >= 0.6 is 0 Å². The number of imidazole rings is 1. The summed E-state index contributed by atoms with van der Waals surface area (Å²) >= 11 is 0. The van der Waals surface area contributed by atoms with Gasteiger partial charge in [0.15, 0.2) is 0 Å². The highest BCUT2D eigenvalue weighted by Gasteiger charge is 2.20. The highest BCUT2D eigenvalue weighted by molar-refractivity contribution is 6.25. The molecule has 0 bridgehead atoms. The summed E-state index contributed by atoms with van der Waals surface area (Å²) in [5.74, 6) is 0.926. The van der Waals surface area contributed by atoms with Crippen LogP contribution in [0.3, 0.4) is 0 Å². The molecule has 4 nitrogen and oxygen atoms in total. The Bertz CT molecular complexity index is 3100. The Morgan fingerprint density at radius 2 is 0.959 bits per heavy atom. The van der Waals surface area contributed by atoms with Crippen molar-refractivity contribution in [2.45, 2.75) is 0 Å². The molecule has 11 aromatic rings. The van der Waals surface area contributed by atoms with Crippen molar-refractivity contribution in [1.29, 1.82) is 0 Å². The van der Waals surface area contributed by atoms with E-state index in [2.05, 4.69) is 183 Å². The minimum atomic E-state index is 0.926. The Morgan fingerprint density at radius 1 is 0.347 bits per heavy atom. The molecule has 4 heterocycles. The lowest BCUT2D eigenvalue weighted by atomic mass is 10.0. The minimum absolute atomic E-state index is 0.926. The predicted molar refractivity (Wildman–Crippen MR) is 204 cm³/mol. The number of fused-ring (bicyclic) bond motifs is 13. The number of benzene rings is 7. The van der Waals surface area contributed by atoms with Crippen LogP contribution in [0.5, 0.6) is 0 Å². The van der Waals surface area contributed by atoms with Crippen molar-refractivity contribution in [2.24, 2.45) is 0 Å². The zero-order valence-electron chi connectivity index (χ0n) is 26.5. The highest BCUT2D eigenvalue weighted by Crippen LogP contribution is 2.41. The van der Waals surface area contributed by atoms with Crippen molar-refractivity contribution in [3.63, 3.8) is 0 Å². The first-order chi connectivity index (χ1) is 24.3. The first-order valence-electron chi connectivity index (χ1n) is 16.7. The second-order valence-corrected chi connectivity index (χ2v) is 12.8. The summed E-state index contributed by atoms with van der Waals surface area (Å²) < 4.78 is 7.14. The van der Waals surface area contributed by atoms with E-state index in [1.54, 1.807) is 0 Å². The number of nitrogens with zero attached hydrogens (tertiary/aromatic N) is 4. The molecule has 0 saturated carbocycles. The van der Waals surface area contributed by atoms with Gasteiger partial charge in [-0.15, -0.1) is 0 Å². The first kappa shape index (κ1) is 26.4. The number of para-hydroxylation sites is 5. The van der Waals surface area contributed by atoms with Crippen LogP contribution in [0, 0.1) is 0 Å². The summed E-state index contributed by atoms with van der Waals surface area (Å²) in [6.45, 7) is 0. The fraction of sp³-hybridized carbons (Fsp3) is 0. The molecule has 49 heavy (non-hydrogen) atoms. The second kappa shape index (κ2) is 9.93. The van der Waals surface area contributed by atoms with Crippen LogP contribution in [-0.4, -0.2) is 18.5 Å². The third kappa shape index (κ3) is 3.66. The van der Waals surface area contributed by atoms with Crippen LogP contribution in [0.1, 0.15) is 0 Å². The zero-order valence-corrected chi connectivity index (χ0v) is 26.5. The fourth-order valence-corrected chi connectivity index (χ4v) is 8.16. The van der Waals surface area contributed by atoms with Crippen molar-refractivity contribution in [3.05, 3.63) is 170 Å². The maximum absolute atomic E-state index is 5.17. The van der Waals surface area contributed by atoms with Crippen LogP contribution in [0.4, 0.5) is 0 Å². The van der Waals surface area contributed by atoms with Gasteiger partial charge in [0, 0.05) is 43.9 Å². The van der Waals surface area contributed by atoms with E-state index in [4.69, 9.17) is 4.98 Å². The van der Waals surface area contributed by atoms with Gasteiger partial charge in [-0.3, -0.25) is 4.57 Å². The monoisotopic (exact) mass is 624 g/mol. The molecule has 0 spiro atoms. The van der Waals surface area contributed by atoms with Gasteiger partial charge in [0.1, 0.15) is 5.82 Å². The van der Waals surface area contributed by atoms with Crippen LogP contribution in [0.2, 0.25) is 0 Å². The number of hydrogen-bond acceptors (Lipinski definition) is 1. The van der Waals surface area contributed by atoms with Gasteiger partial charge in [0.2, 0.25) is 0 Å². The molecule has 4 aromatic heterocycles. The summed E-state index contributed by atoms with van der Waals surface area (Å²) in [6, 6.07) is 61.1. The van der Waals surface area contributed by atoms with Crippen molar-refractivity contribution >= 4 is 70.9 Å². The van der Waals surface area contributed by atoms with Crippen LogP contribution in [0.15, 0.2) is 170 Å². The van der Waals surface area contributed by atoms with Gasteiger partial charge in [-0.25, -0.2) is 4.98 Å². The van der Waals surface area contributed by atoms with Crippen molar-refractivity contribution in [3.8, 4) is 22.8 Å². The van der Waals surface area contributed by atoms with Crippen molar-refractivity contribution < 1.29 is 0 Å². The smallest absolute Gasteiger partial charge is 0.145 e. The molecule has 0 N–H and O–H groups in total. The van der Waals surface area contributed by atoms with Gasteiger partial charge in [0.05, 0.1) is 38.6 Å². The standard InChI is InChI=1S/C45H28N4/c1-2-14-30(15-3-1)48-41-24-11-8-21-37(41)46-45(48)29-13-12-16-31(27-29)47-39-23-10-7-20-35(39)44-36-28-43-34-19-5-4-17-32(34)33-18-6-9-22-38(33)49(43)40(36)25-26-42(44)47/h1-28H. The first-order valence-corrected chi connectivity index (χ1v) is 16.7. The molecule has 0 saturated heterocycles. The summed E-state index contributed by atoms with van der Waals surface area (Å²) in [4.78, 5) is 5.17. The molecule has 0 aliphatic carbocycles. The SMILES string of the molecule is c1ccc(-n2c(-c3cccc(-n4c5ccccc5c5c6cc7c8ccccc8c8ccccc8n7c6ccc54)c3)nc3ccccc32)cc1. The summed E-state index contributed by atoms with van der Waals surface area (Å²) in [7, 11) is 0. The maximum Gasteiger partial charge on any atom is 0.145 e. The summed E-state index contributed by atoms with van der Waals surface area (Å²) in [5.41, 5.74) is 11.4. The van der Waals surface area contributed by atoms with E-state index in [9.17, 15) is 0 Å². The van der Waals surface area contributed by atoms with E-state index < -0.39 is 0 Å². The topological polar surface area (TPSA) is 27.2 Å². The lowest BCUT2D eigenvalue weighted by Crippen LogP contribution is -1.99. The molecular formula is C45H28N4. The predicted octanol–water partition coefficient (Wildman–Crippen LogP) is 11.5.